The van der Waals surface area contributed by atoms with E-state index in [2.05, 4.69) is 82.4 Å². The van der Waals surface area contributed by atoms with Crippen molar-refractivity contribution in [2.75, 3.05) is 53.2 Å². The molecule has 34 nitrogen and oxygen atoms in total. The van der Waals surface area contributed by atoms with Gasteiger partial charge in [-0.2, -0.15) is 0 Å². The molecule has 0 aromatic heterocycles. The summed E-state index contributed by atoms with van der Waals surface area (Å²) in [7, 11) is 1.24. The second-order valence-corrected chi connectivity index (χ2v) is 29.6. The van der Waals surface area contributed by atoms with Crippen LogP contribution in [0.2, 0.25) is 10.0 Å². The van der Waals surface area contributed by atoms with Crippen molar-refractivity contribution in [3.63, 3.8) is 0 Å². The van der Waals surface area contributed by atoms with Crippen LogP contribution in [0.1, 0.15) is 130 Å². The predicted molar refractivity (Wildman–Crippen MR) is 434 cm³/mol. The molecule has 5 unspecified atom stereocenters. The van der Waals surface area contributed by atoms with Gasteiger partial charge in [0.1, 0.15) is 135 Å². The number of carbonyl (C=O) groups excluding carboxylic acids is 10. The van der Waals surface area contributed by atoms with Crippen LogP contribution in [0.5, 0.6) is 46.0 Å². The molecular weight excluding hydrogens is 1610 g/mol. The number of amides is 10. The molecule has 6 aliphatic rings. The second kappa shape index (κ2) is 43.4. The van der Waals surface area contributed by atoms with Gasteiger partial charge in [-0.3, -0.25) is 43.8 Å². The first-order valence-electron chi connectivity index (χ1n) is 38.7. The summed E-state index contributed by atoms with van der Waals surface area (Å²) in [5.74, 6) is -13.6. The van der Waals surface area contributed by atoms with Crippen molar-refractivity contribution in [2.45, 2.75) is 157 Å². The fourth-order valence-electron chi connectivity index (χ4n) is 13.4. The monoisotopic (exact) mass is 1700 g/mol. The third-order valence-electron chi connectivity index (χ3n) is 19.5. The smallest absolute Gasteiger partial charge is 0.410 e. The second-order valence-electron chi connectivity index (χ2n) is 28.8. The van der Waals surface area contributed by atoms with E-state index < -0.39 is 197 Å². The standard InChI is InChI=1S/C84H99Cl2N9O25/c1-10-16-17-18-19-20-27-87-83(110)89-62(97)41-53-75(103)90-65-47-37-59(117-56-25-22-45(35-51(56)85)69(98)67(79(107)88-53)93-76(104)54(33-43(7)8)95(9)84(111)116-32-15-6)74(120-82-73(102)72(101)71(100)61(42-96)119-82)60(38-47)118-57-26-23-46(36-52(57)86)70(99)68-80(108)92-66(81(109)115-31-14-5)50-39-48(112-28-11-2)40-58(114-30-13-4)63(50)49-34-44(21-24-55(49)113-29-12-3)64(77(105)94-68)91-78(65)106/h11-15,21-26,34-40,43,53-54,61,64-73,82,96,98-102H,2-6,10,16-20,27-33,41-42H2,1,7-9H3,(H,88,107)(H,90,103)(H,91,106)(H,92,108)(H,93,104)(H,94,105)(H2,87,89,97,110)/t53-,54+,61?,64+,65+,66-,67+,68-,69+,70+,71?,72?,73?,82?/m0/s1. The van der Waals surface area contributed by atoms with Gasteiger partial charge in [-0.15, -0.1) is 0 Å². The molecular formula is C84H99Cl2N9O25. The number of aliphatic hydroxyl groups excluding tert-OH is 6. The SMILES string of the molecule is C=CCOC(=O)[C@H]1NC(=O)[C@H]2NC(=O)[C@H](NC(=O)[C@@H]3NC(=O)[C@H](CC(=O)NC(=O)NCCCCCCCC)NC(=O)[C@H](NC(=O)[C@@H](CC(C)C)N(C)C(=O)OCC=C)[C@H](O)c4ccc(c(Cl)c4)Oc4cc3cc(c4OC3OC(CO)C(O)C(O)C3O)Oc3ccc(cc3Cl)[C@H]2O)c2ccc(OCC=C)c(c2)-c2c(OCC=C)cc(OCC=C)cc21. The van der Waals surface area contributed by atoms with Crippen molar-refractivity contribution in [2.24, 2.45) is 5.92 Å². The quantitative estimate of drug-likeness (QED) is 0.0123. The van der Waals surface area contributed by atoms with Crippen LogP contribution in [0, 0.1) is 5.92 Å². The van der Waals surface area contributed by atoms with Crippen LogP contribution in [0.25, 0.3) is 11.1 Å². The van der Waals surface area contributed by atoms with Crippen molar-refractivity contribution in [3.8, 4) is 57.1 Å². The number of rotatable bonds is 31. The van der Waals surface area contributed by atoms with Gasteiger partial charge in [-0.25, -0.2) is 14.4 Å². The Balaban J connectivity index is 1.34. The Morgan fingerprint density at radius 3 is 1.81 bits per heavy atom. The number of carbonyl (C=O) groups is 10. The summed E-state index contributed by atoms with van der Waals surface area (Å²) < 4.78 is 55.2. The number of imide groups is 1. The van der Waals surface area contributed by atoms with Crippen LogP contribution in [0.15, 0.2) is 142 Å². The molecule has 5 aromatic carbocycles. The number of nitrogens with zero attached hydrogens (tertiary/aromatic N) is 1. The molecule has 10 amide bonds. The van der Waals surface area contributed by atoms with Crippen LogP contribution in [0.3, 0.4) is 0 Å². The first-order chi connectivity index (χ1) is 57.5. The zero-order chi connectivity index (χ0) is 87.2. The minimum absolute atomic E-state index is 0.0164. The van der Waals surface area contributed by atoms with Gasteiger partial charge in [0, 0.05) is 36.3 Å². The average molecular weight is 1710 g/mol. The van der Waals surface area contributed by atoms with Crippen molar-refractivity contribution < 1.29 is 121 Å². The lowest BCUT2D eigenvalue weighted by molar-refractivity contribution is -0.277. The Labute approximate surface area is 701 Å². The van der Waals surface area contributed by atoms with Crippen molar-refractivity contribution in [1.82, 2.24) is 47.4 Å². The molecule has 11 bridgehead atoms. The maximum Gasteiger partial charge on any atom is 0.410 e. The highest BCUT2D eigenvalue weighted by molar-refractivity contribution is 6.32. The van der Waals surface area contributed by atoms with Crippen LogP contribution in [-0.2, 0) is 52.6 Å². The third-order valence-corrected chi connectivity index (χ3v) is 20.1. The molecule has 14 atom stereocenters. The molecule has 6 aliphatic heterocycles. The van der Waals surface area contributed by atoms with E-state index in [1.54, 1.807) is 13.8 Å². The van der Waals surface area contributed by atoms with Crippen molar-refractivity contribution >= 4 is 82.6 Å². The maximum atomic E-state index is 16.6. The van der Waals surface area contributed by atoms with Crippen LogP contribution < -0.4 is 71.0 Å². The van der Waals surface area contributed by atoms with Gasteiger partial charge in [-0.05, 0) is 95.6 Å². The molecule has 0 radical (unpaired) electrons. The highest BCUT2D eigenvalue weighted by Crippen LogP contribution is 2.50. The van der Waals surface area contributed by atoms with E-state index in [4.69, 9.17) is 65.8 Å². The number of unbranched alkanes of at least 4 members (excludes halogenated alkanes) is 5. The Morgan fingerprint density at radius 2 is 1.18 bits per heavy atom. The van der Waals surface area contributed by atoms with E-state index in [1.165, 1.54) is 79.9 Å². The summed E-state index contributed by atoms with van der Waals surface area (Å²) in [4.78, 5) is 152. The van der Waals surface area contributed by atoms with E-state index in [-0.39, 0.29) is 107 Å². The van der Waals surface area contributed by atoms with Crippen LogP contribution in [0.4, 0.5) is 9.59 Å². The summed E-state index contributed by atoms with van der Waals surface area (Å²) >= 11 is 14.3. The van der Waals surface area contributed by atoms with Crippen molar-refractivity contribution in [1.29, 1.82) is 0 Å². The van der Waals surface area contributed by atoms with Gasteiger partial charge in [0.15, 0.2) is 17.5 Å². The molecule has 5 aromatic rings. The van der Waals surface area contributed by atoms with E-state index in [0.717, 1.165) is 73.4 Å². The van der Waals surface area contributed by atoms with E-state index >= 15 is 24.0 Å². The Bertz CT molecular complexity index is 4640. The number of aliphatic hydroxyl groups is 6. The predicted octanol–water partition coefficient (Wildman–Crippen LogP) is 6.83. The number of benzene rings is 5. The molecule has 6 heterocycles. The fraction of sp³-hybridized carbons (Fsp3) is 0.405. The molecule has 644 valence electrons. The number of hydrogen-bond acceptors (Lipinski definition) is 25. The molecule has 120 heavy (non-hydrogen) atoms. The number of hydrogen-bond donors (Lipinski definition) is 14. The highest BCUT2D eigenvalue weighted by atomic mass is 35.5. The molecule has 1 saturated heterocycles. The summed E-state index contributed by atoms with van der Waals surface area (Å²) in [6.45, 7) is 22.0. The van der Waals surface area contributed by atoms with Crippen molar-refractivity contribution in [3.05, 3.63) is 180 Å². The highest BCUT2D eigenvalue weighted by Gasteiger charge is 2.48. The number of esters is 1. The lowest BCUT2D eigenvalue weighted by atomic mass is 9.89. The van der Waals surface area contributed by atoms with E-state index in [9.17, 15) is 54.6 Å². The first kappa shape index (κ1) is 92.3. The fourth-order valence-corrected chi connectivity index (χ4v) is 13.9. The molecule has 36 heteroatoms. The minimum Gasteiger partial charge on any atom is -0.489 e. The van der Waals surface area contributed by atoms with Gasteiger partial charge in [0.2, 0.25) is 53.4 Å². The van der Waals surface area contributed by atoms with Gasteiger partial charge in [0.25, 0.3) is 0 Å². The van der Waals surface area contributed by atoms with Crippen LogP contribution >= 0.6 is 23.2 Å². The minimum atomic E-state index is -2.40. The largest absolute Gasteiger partial charge is 0.489 e. The normalized spacial score (nSPS) is 22.3. The maximum absolute atomic E-state index is 16.6. The first-order valence-corrected chi connectivity index (χ1v) is 39.4. The molecule has 0 spiro atoms. The third kappa shape index (κ3) is 23.1. The number of likely N-dealkylation sites (N-methyl/N-ethyl adjacent to an activating group) is 1. The number of nitrogens with one attached hydrogen (secondary N) is 8. The number of halogens is 2. The molecule has 1 fully saturated rings. The van der Waals surface area contributed by atoms with E-state index in [1.807, 2.05) is 0 Å². The number of ether oxygens (including phenoxy) is 9. The van der Waals surface area contributed by atoms with Gasteiger partial charge in [0.05, 0.1) is 23.1 Å². The molecule has 11 rings (SSSR count). The zero-order valence-corrected chi connectivity index (χ0v) is 67.8. The zero-order valence-electron chi connectivity index (χ0n) is 66.3. The summed E-state index contributed by atoms with van der Waals surface area (Å²) in [5, 5.41) is 89.0. The molecule has 0 aliphatic carbocycles. The summed E-state index contributed by atoms with van der Waals surface area (Å²) in [6, 6.07) is -0.0326. The van der Waals surface area contributed by atoms with Gasteiger partial charge in [-0.1, -0.05) is 158 Å². The lowest BCUT2D eigenvalue weighted by Gasteiger charge is -2.39. The molecule has 0 saturated carbocycles. The topological polar surface area (TPSA) is 475 Å². The molecule has 14 N–H and O–H groups in total. The summed E-state index contributed by atoms with van der Waals surface area (Å²) in [5.41, 5.74) is -1.38. The van der Waals surface area contributed by atoms with Gasteiger partial charge >= 0.3 is 18.1 Å². The lowest BCUT2D eigenvalue weighted by Crippen LogP contribution is -2.60. The summed E-state index contributed by atoms with van der Waals surface area (Å²) in [6.07, 6.45) is -4.99. The number of fused-ring (bicyclic) bond motifs is 15. The van der Waals surface area contributed by atoms with E-state index in [0.29, 0.717) is 6.42 Å². The average Bonchev–Trinajstić information content (AvgIpc) is 0.760. The van der Waals surface area contributed by atoms with Gasteiger partial charge < -0.3 is 110 Å². The number of urea groups is 1. The van der Waals surface area contributed by atoms with Crippen LogP contribution in [-0.4, -0.2) is 203 Å². The Kier molecular flexibility index (Phi) is 33.4. The Hall–Kier alpha value is -11.6. The Morgan fingerprint density at radius 1 is 0.600 bits per heavy atom.